The van der Waals surface area contributed by atoms with Crippen LogP contribution in [0.3, 0.4) is 0 Å². The largest absolute Gasteiger partial charge is 0.454 e. The molecule has 2 rings (SSSR count). The third kappa shape index (κ3) is 3.93. The lowest BCUT2D eigenvalue weighted by Gasteiger charge is -2.22. The van der Waals surface area contributed by atoms with E-state index < -0.39 is 6.10 Å². The minimum absolute atomic E-state index is 0.0197. The van der Waals surface area contributed by atoms with Crippen molar-refractivity contribution < 1.29 is 14.3 Å². The average Bonchev–Trinajstić information content (AvgIpc) is 2.50. The summed E-state index contributed by atoms with van der Waals surface area (Å²) in [5.74, 6) is -0.351. The summed E-state index contributed by atoms with van der Waals surface area (Å²) in [6.45, 7) is 5.65. The first-order chi connectivity index (χ1) is 9.99. The Balaban J connectivity index is 1.98. The highest BCUT2D eigenvalue weighted by Crippen LogP contribution is 2.25. The number of ether oxygens (including phenoxy) is 1. The van der Waals surface area contributed by atoms with Crippen LogP contribution < -0.4 is 0 Å². The van der Waals surface area contributed by atoms with Crippen LogP contribution in [0.15, 0.2) is 18.2 Å². The maximum atomic E-state index is 12.3. The summed E-state index contributed by atoms with van der Waals surface area (Å²) in [6.07, 6.45) is 4.44. The Morgan fingerprint density at radius 1 is 1.10 bits per heavy atom. The van der Waals surface area contributed by atoms with Crippen LogP contribution in [0.4, 0.5) is 0 Å². The fourth-order valence-corrected chi connectivity index (χ4v) is 2.79. The van der Waals surface area contributed by atoms with Crippen LogP contribution in [0.25, 0.3) is 0 Å². The van der Waals surface area contributed by atoms with E-state index in [0.717, 1.165) is 36.8 Å². The van der Waals surface area contributed by atoms with E-state index in [1.807, 2.05) is 26.0 Å². The van der Waals surface area contributed by atoms with Crippen LogP contribution >= 0.6 is 0 Å². The van der Waals surface area contributed by atoms with E-state index in [2.05, 4.69) is 0 Å². The summed E-state index contributed by atoms with van der Waals surface area (Å²) < 4.78 is 5.39. The van der Waals surface area contributed by atoms with Crippen molar-refractivity contribution in [3.05, 3.63) is 34.9 Å². The molecule has 1 fully saturated rings. The van der Waals surface area contributed by atoms with Gasteiger partial charge >= 0.3 is 5.97 Å². The predicted octanol–water partition coefficient (Wildman–Crippen LogP) is 4.00. The van der Waals surface area contributed by atoms with Gasteiger partial charge in [-0.3, -0.25) is 9.59 Å². The normalized spacial score (nSPS) is 17.3. The first-order valence-electron chi connectivity index (χ1n) is 7.81. The van der Waals surface area contributed by atoms with Gasteiger partial charge in [0.15, 0.2) is 6.10 Å². The molecule has 0 spiro atoms. The van der Waals surface area contributed by atoms with Crippen LogP contribution in [0.5, 0.6) is 0 Å². The Labute approximate surface area is 126 Å². The third-order valence-electron chi connectivity index (χ3n) is 4.39. The highest BCUT2D eigenvalue weighted by atomic mass is 16.5. The molecule has 114 valence electrons. The number of aryl methyl sites for hydroxylation is 2. The molecule has 0 heterocycles. The molecule has 0 N–H and O–H groups in total. The predicted molar refractivity (Wildman–Crippen MR) is 82.4 cm³/mol. The van der Waals surface area contributed by atoms with Gasteiger partial charge in [0.25, 0.3) is 0 Å². The number of ketones is 1. The molecule has 0 unspecified atom stereocenters. The Kier molecular flexibility index (Phi) is 5.16. The summed E-state index contributed by atoms with van der Waals surface area (Å²) in [4.78, 5) is 24.4. The van der Waals surface area contributed by atoms with Crippen molar-refractivity contribution in [1.29, 1.82) is 0 Å². The molecule has 0 bridgehead atoms. The van der Waals surface area contributed by atoms with E-state index in [1.165, 1.54) is 6.42 Å². The Bertz CT molecular complexity index is 527. The van der Waals surface area contributed by atoms with Crippen LogP contribution in [0.1, 0.15) is 60.5 Å². The number of benzene rings is 1. The quantitative estimate of drug-likeness (QED) is 0.621. The van der Waals surface area contributed by atoms with Gasteiger partial charge in [0.1, 0.15) is 0 Å². The highest BCUT2D eigenvalue weighted by molar-refractivity contribution is 6.00. The van der Waals surface area contributed by atoms with E-state index in [1.54, 1.807) is 13.0 Å². The van der Waals surface area contributed by atoms with Gasteiger partial charge in [-0.15, -0.1) is 0 Å². The van der Waals surface area contributed by atoms with Crippen molar-refractivity contribution >= 4 is 11.8 Å². The molecule has 3 heteroatoms. The zero-order chi connectivity index (χ0) is 15.4. The van der Waals surface area contributed by atoms with Crippen molar-refractivity contribution in [3.63, 3.8) is 0 Å². The smallest absolute Gasteiger partial charge is 0.309 e. The molecule has 0 radical (unpaired) electrons. The van der Waals surface area contributed by atoms with Gasteiger partial charge in [-0.2, -0.15) is 0 Å². The van der Waals surface area contributed by atoms with Gasteiger partial charge in [-0.1, -0.05) is 31.4 Å². The first kappa shape index (κ1) is 15.7. The Morgan fingerprint density at radius 2 is 1.76 bits per heavy atom. The molecule has 1 saturated carbocycles. The molecule has 0 amide bonds. The van der Waals surface area contributed by atoms with Crippen molar-refractivity contribution in [3.8, 4) is 0 Å². The highest BCUT2D eigenvalue weighted by Gasteiger charge is 2.26. The monoisotopic (exact) mass is 288 g/mol. The summed E-state index contributed by atoms with van der Waals surface area (Å²) >= 11 is 0. The molecule has 1 aromatic rings. The number of rotatable bonds is 4. The molecule has 1 aromatic carbocycles. The molecule has 3 nitrogen and oxygen atoms in total. The van der Waals surface area contributed by atoms with Crippen molar-refractivity contribution in [2.45, 2.75) is 59.0 Å². The molecule has 0 saturated heterocycles. The number of hydrogen-bond donors (Lipinski definition) is 0. The molecular formula is C18H24O3. The molecule has 21 heavy (non-hydrogen) atoms. The van der Waals surface area contributed by atoms with Gasteiger partial charge in [-0.25, -0.2) is 0 Å². The minimum atomic E-state index is -0.707. The van der Waals surface area contributed by atoms with Crippen LogP contribution in [-0.4, -0.2) is 17.9 Å². The number of carbonyl (C=O) groups is 2. The second kappa shape index (κ2) is 6.88. The topological polar surface area (TPSA) is 43.4 Å². The summed E-state index contributed by atoms with van der Waals surface area (Å²) in [5, 5.41) is 0. The second-order valence-corrected chi connectivity index (χ2v) is 6.08. The lowest BCUT2D eigenvalue weighted by atomic mass is 9.89. The van der Waals surface area contributed by atoms with Crippen molar-refractivity contribution in [2.75, 3.05) is 0 Å². The second-order valence-electron chi connectivity index (χ2n) is 6.08. The van der Waals surface area contributed by atoms with E-state index >= 15 is 0 Å². The van der Waals surface area contributed by atoms with E-state index in [9.17, 15) is 9.59 Å². The summed E-state index contributed by atoms with van der Waals surface area (Å²) in [6, 6.07) is 5.59. The fraction of sp³-hybridized carbons (Fsp3) is 0.556. The van der Waals surface area contributed by atoms with E-state index in [0.29, 0.717) is 5.56 Å². The van der Waals surface area contributed by atoms with Crippen LogP contribution in [0, 0.1) is 19.8 Å². The number of hydrogen-bond acceptors (Lipinski definition) is 3. The van der Waals surface area contributed by atoms with Gasteiger partial charge in [0.2, 0.25) is 5.78 Å². The summed E-state index contributed by atoms with van der Waals surface area (Å²) in [5.41, 5.74) is 2.84. The zero-order valence-electron chi connectivity index (χ0n) is 13.1. The van der Waals surface area contributed by atoms with Gasteiger partial charge in [0.05, 0.1) is 5.92 Å². The van der Waals surface area contributed by atoms with Gasteiger partial charge in [0, 0.05) is 5.56 Å². The molecule has 0 aliphatic heterocycles. The zero-order valence-corrected chi connectivity index (χ0v) is 13.1. The van der Waals surface area contributed by atoms with Crippen LogP contribution in [0.2, 0.25) is 0 Å². The molecule has 1 aliphatic carbocycles. The Hall–Kier alpha value is -1.64. The van der Waals surface area contributed by atoms with Crippen molar-refractivity contribution in [2.24, 2.45) is 5.92 Å². The molecule has 1 atom stereocenters. The lowest BCUT2D eigenvalue weighted by Crippen LogP contribution is -2.29. The standard InChI is InChI=1S/C18H24O3/c1-12-9-10-16(11-13(12)2)17(19)14(3)21-18(20)15-7-5-4-6-8-15/h9-11,14-15H,4-8H2,1-3H3/t14-/m1/s1. The number of esters is 1. The molecule has 0 aromatic heterocycles. The van der Waals surface area contributed by atoms with Gasteiger partial charge in [-0.05, 0) is 50.8 Å². The van der Waals surface area contributed by atoms with E-state index in [4.69, 9.17) is 4.74 Å². The maximum Gasteiger partial charge on any atom is 0.309 e. The molecular weight excluding hydrogens is 264 g/mol. The molecule has 1 aliphatic rings. The number of carbonyl (C=O) groups excluding carboxylic acids is 2. The maximum absolute atomic E-state index is 12.3. The summed E-state index contributed by atoms with van der Waals surface area (Å²) in [7, 11) is 0. The SMILES string of the molecule is Cc1ccc(C(=O)[C@@H](C)OC(=O)C2CCCCC2)cc1C. The van der Waals surface area contributed by atoms with E-state index in [-0.39, 0.29) is 17.7 Å². The first-order valence-corrected chi connectivity index (χ1v) is 7.81. The van der Waals surface area contributed by atoms with Crippen molar-refractivity contribution in [1.82, 2.24) is 0 Å². The number of Topliss-reactive ketones (excluding diaryl/α,β-unsaturated/α-hetero) is 1. The fourth-order valence-electron chi connectivity index (χ4n) is 2.79. The van der Waals surface area contributed by atoms with Gasteiger partial charge < -0.3 is 4.74 Å². The van der Waals surface area contributed by atoms with Crippen LogP contribution in [-0.2, 0) is 9.53 Å². The Morgan fingerprint density at radius 3 is 2.38 bits per heavy atom. The average molecular weight is 288 g/mol. The lowest BCUT2D eigenvalue weighted by molar-refractivity contribution is -0.152. The third-order valence-corrected chi connectivity index (χ3v) is 4.39. The minimum Gasteiger partial charge on any atom is -0.454 e.